The van der Waals surface area contributed by atoms with Gasteiger partial charge in [-0.3, -0.25) is 9.78 Å². The number of fused-ring (bicyclic) bond motifs is 2. The van der Waals surface area contributed by atoms with Crippen LogP contribution in [0.15, 0.2) is 36.7 Å². The number of carbonyl (C=O) groups excluding carboxylic acids is 1. The van der Waals surface area contributed by atoms with Crippen LogP contribution < -0.4 is 0 Å². The van der Waals surface area contributed by atoms with E-state index in [0.717, 1.165) is 25.3 Å². The minimum atomic E-state index is 0.116. The van der Waals surface area contributed by atoms with Gasteiger partial charge < -0.3 is 9.47 Å². The fourth-order valence-corrected chi connectivity index (χ4v) is 3.20. The van der Waals surface area contributed by atoms with Crippen LogP contribution in [0.5, 0.6) is 0 Å². The Morgan fingerprint density at radius 2 is 2.14 bits per heavy atom. The minimum absolute atomic E-state index is 0.116. The summed E-state index contributed by atoms with van der Waals surface area (Å²) in [6.45, 7) is 6.39. The van der Waals surface area contributed by atoms with E-state index in [1.54, 1.807) is 0 Å². The van der Waals surface area contributed by atoms with Crippen LogP contribution in [0.3, 0.4) is 0 Å². The molecule has 3 heterocycles. The molecule has 110 valence electrons. The van der Waals surface area contributed by atoms with Gasteiger partial charge in [0.25, 0.3) is 0 Å². The van der Waals surface area contributed by atoms with Crippen molar-refractivity contribution in [3.8, 4) is 0 Å². The summed E-state index contributed by atoms with van der Waals surface area (Å²) in [5.74, 6) is 0.333. The molecule has 0 aromatic carbocycles. The third kappa shape index (κ3) is 2.46. The first-order valence-corrected chi connectivity index (χ1v) is 7.61. The van der Waals surface area contributed by atoms with Gasteiger partial charge in [0.15, 0.2) is 0 Å². The van der Waals surface area contributed by atoms with Gasteiger partial charge in [0.2, 0.25) is 5.91 Å². The van der Waals surface area contributed by atoms with E-state index >= 15 is 0 Å². The molecule has 4 nitrogen and oxygen atoms in total. The molecule has 2 aromatic rings. The monoisotopic (exact) mass is 283 g/mol. The van der Waals surface area contributed by atoms with Gasteiger partial charge in [0, 0.05) is 43.5 Å². The van der Waals surface area contributed by atoms with E-state index in [0.29, 0.717) is 6.42 Å². The molecule has 0 bridgehead atoms. The Morgan fingerprint density at radius 1 is 1.33 bits per heavy atom. The molecule has 1 aliphatic heterocycles. The van der Waals surface area contributed by atoms with Crippen LogP contribution in [-0.2, 0) is 11.3 Å². The molecule has 0 saturated heterocycles. The molecular formula is C17H21N3O. The Hall–Kier alpha value is -2.10. The van der Waals surface area contributed by atoms with Crippen molar-refractivity contribution in [2.24, 2.45) is 0 Å². The molecule has 0 aliphatic carbocycles. The third-order valence-corrected chi connectivity index (χ3v) is 4.34. The van der Waals surface area contributed by atoms with Gasteiger partial charge in [0.05, 0.1) is 12.2 Å². The van der Waals surface area contributed by atoms with Gasteiger partial charge in [-0.25, -0.2) is 0 Å². The Balaban J connectivity index is 1.94. The van der Waals surface area contributed by atoms with Gasteiger partial charge in [-0.1, -0.05) is 6.07 Å². The van der Waals surface area contributed by atoms with Crippen molar-refractivity contribution in [2.75, 3.05) is 13.1 Å². The van der Waals surface area contributed by atoms with Gasteiger partial charge in [0.1, 0.15) is 0 Å². The number of aromatic nitrogens is 2. The smallest absolute Gasteiger partial charge is 0.223 e. The zero-order valence-corrected chi connectivity index (χ0v) is 12.6. The summed E-state index contributed by atoms with van der Waals surface area (Å²) in [6, 6.07) is 8.25. The first-order chi connectivity index (χ1) is 10.2. The summed E-state index contributed by atoms with van der Waals surface area (Å²) >= 11 is 0. The zero-order chi connectivity index (χ0) is 14.8. The number of pyridine rings is 1. The number of rotatable bonds is 4. The molecule has 2 aromatic heterocycles. The first kappa shape index (κ1) is 13.9. The summed E-state index contributed by atoms with van der Waals surface area (Å²) in [6.07, 6.45) is 4.42. The lowest BCUT2D eigenvalue weighted by atomic mass is 9.88. The van der Waals surface area contributed by atoms with Crippen LogP contribution in [-0.4, -0.2) is 33.4 Å². The lowest BCUT2D eigenvalue weighted by Gasteiger charge is -2.28. The Bertz CT molecular complexity index is 643. The van der Waals surface area contributed by atoms with E-state index in [1.807, 2.05) is 31.0 Å². The van der Waals surface area contributed by atoms with Crippen LogP contribution in [0.25, 0.3) is 0 Å². The van der Waals surface area contributed by atoms with Crippen molar-refractivity contribution in [1.29, 1.82) is 0 Å². The predicted molar refractivity (Wildman–Crippen MR) is 82.2 cm³/mol. The SMILES string of the molecule is CCN(CC)C(=O)CC1c2cccnc2Cn2cccc21. The van der Waals surface area contributed by atoms with Crippen molar-refractivity contribution in [1.82, 2.24) is 14.5 Å². The van der Waals surface area contributed by atoms with E-state index in [2.05, 4.69) is 33.9 Å². The number of amides is 1. The lowest BCUT2D eigenvalue weighted by Crippen LogP contribution is -2.33. The minimum Gasteiger partial charge on any atom is -0.345 e. The molecular weight excluding hydrogens is 262 g/mol. The average Bonchev–Trinajstić information content (AvgIpc) is 2.96. The van der Waals surface area contributed by atoms with E-state index in [4.69, 9.17) is 0 Å². The van der Waals surface area contributed by atoms with Crippen molar-refractivity contribution in [2.45, 2.75) is 32.7 Å². The van der Waals surface area contributed by atoms with Crippen molar-refractivity contribution < 1.29 is 4.79 Å². The summed E-state index contributed by atoms with van der Waals surface area (Å²) in [5.41, 5.74) is 3.50. The Kier molecular flexibility index (Phi) is 3.78. The molecule has 0 spiro atoms. The molecule has 1 unspecified atom stereocenters. The standard InChI is InChI=1S/C17H21N3O/c1-3-19(4-2)17(21)11-14-13-7-5-9-18-15(13)12-20-10-6-8-16(14)20/h5-10,14H,3-4,11-12H2,1-2H3. The Labute approximate surface area is 125 Å². The number of hydrogen-bond donors (Lipinski definition) is 0. The largest absolute Gasteiger partial charge is 0.345 e. The molecule has 0 saturated carbocycles. The van der Waals surface area contributed by atoms with Crippen molar-refractivity contribution in [3.05, 3.63) is 53.6 Å². The molecule has 1 aliphatic rings. The van der Waals surface area contributed by atoms with E-state index < -0.39 is 0 Å². The second-order valence-corrected chi connectivity index (χ2v) is 5.42. The highest BCUT2D eigenvalue weighted by Gasteiger charge is 2.28. The second-order valence-electron chi connectivity index (χ2n) is 5.42. The third-order valence-electron chi connectivity index (χ3n) is 4.34. The van der Waals surface area contributed by atoms with Crippen LogP contribution in [0.2, 0.25) is 0 Å². The van der Waals surface area contributed by atoms with Gasteiger partial charge in [-0.15, -0.1) is 0 Å². The maximum Gasteiger partial charge on any atom is 0.223 e. The zero-order valence-electron chi connectivity index (χ0n) is 12.6. The molecule has 1 amide bonds. The molecule has 4 heteroatoms. The lowest BCUT2D eigenvalue weighted by molar-refractivity contribution is -0.131. The normalized spacial score (nSPS) is 16.2. The molecule has 1 atom stereocenters. The fraction of sp³-hybridized carbons (Fsp3) is 0.412. The first-order valence-electron chi connectivity index (χ1n) is 7.61. The highest BCUT2D eigenvalue weighted by molar-refractivity contribution is 5.77. The average molecular weight is 283 g/mol. The summed E-state index contributed by atoms with van der Waals surface area (Å²) in [5, 5.41) is 0. The predicted octanol–water partition coefficient (Wildman–Crippen LogP) is 2.64. The molecule has 0 N–H and O–H groups in total. The van der Waals surface area contributed by atoms with Gasteiger partial charge in [-0.05, 0) is 37.6 Å². The molecule has 0 radical (unpaired) electrons. The summed E-state index contributed by atoms with van der Waals surface area (Å²) in [7, 11) is 0. The number of carbonyl (C=O) groups is 1. The van der Waals surface area contributed by atoms with Crippen molar-refractivity contribution in [3.63, 3.8) is 0 Å². The highest BCUT2D eigenvalue weighted by atomic mass is 16.2. The second kappa shape index (κ2) is 5.72. The van der Waals surface area contributed by atoms with E-state index in [9.17, 15) is 4.79 Å². The van der Waals surface area contributed by atoms with Gasteiger partial charge >= 0.3 is 0 Å². The van der Waals surface area contributed by atoms with E-state index in [1.165, 1.54) is 11.3 Å². The summed E-state index contributed by atoms with van der Waals surface area (Å²) < 4.78 is 2.20. The molecule has 3 rings (SSSR count). The topological polar surface area (TPSA) is 38.1 Å². The van der Waals surface area contributed by atoms with Crippen LogP contribution in [0.1, 0.15) is 43.1 Å². The fourth-order valence-electron chi connectivity index (χ4n) is 3.20. The maximum absolute atomic E-state index is 12.5. The maximum atomic E-state index is 12.5. The quantitative estimate of drug-likeness (QED) is 0.865. The van der Waals surface area contributed by atoms with Crippen LogP contribution in [0, 0.1) is 0 Å². The number of nitrogens with zero attached hydrogens (tertiary/aromatic N) is 3. The summed E-state index contributed by atoms with van der Waals surface area (Å²) in [4.78, 5) is 18.9. The van der Waals surface area contributed by atoms with Crippen molar-refractivity contribution >= 4 is 5.91 Å². The van der Waals surface area contributed by atoms with Gasteiger partial charge in [-0.2, -0.15) is 0 Å². The van der Waals surface area contributed by atoms with Crippen LogP contribution in [0.4, 0.5) is 0 Å². The van der Waals surface area contributed by atoms with Crippen LogP contribution >= 0.6 is 0 Å². The molecule has 0 fully saturated rings. The Morgan fingerprint density at radius 3 is 2.90 bits per heavy atom. The highest BCUT2D eigenvalue weighted by Crippen LogP contribution is 2.35. The van der Waals surface area contributed by atoms with E-state index in [-0.39, 0.29) is 11.8 Å². The molecule has 21 heavy (non-hydrogen) atoms. The number of hydrogen-bond acceptors (Lipinski definition) is 2.